The number of carboxylic acids is 1. The molecule has 30 heavy (non-hydrogen) atoms. The molecule has 0 aliphatic carbocycles. The lowest BCUT2D eigenvalue weighted by molar-refractivity contribution is -0.139. The zero-order chi connectivity index (χ0) is 21.9. The molecular formula is C21H24ClN3O5. The molecule has 160 valence electrons. The van der Waals surface area contributed by atoms with Crippen LogP contribution in [0.3, 0.4) is 0 Å². The van der Waals surface area contributed by atoms with E-state index in [1.165, 1.54) is 18.4 Å². The summed E-state index contributed by atoms with van der Waals surface area (Å²) >= 11 is 6.19. The van der Waals surface area contributed by atoms with Gasteiger partial charge in [-0.15, -0.1) is 0 Å². The van der Waals surface area contributed by atoms with Gasteiger partial charge >= 0.3 is 5.97 Å². The molecule has 1 atom stereocenters. The number of unbranched alkanes of at least 4 members (excludes halogenated alkanes) is 1. The van der Waals surface area contributed by atoms with Crippen molar-refractivity contribution < 1.29 is 23.9 Å². The van der Waals surface area contributed by atoms with Crippen LogP contribution in [0.25, 0.3) is 6.08 Å². The summed E-state index contributed by atoms with van der Waals surface area (Å²) in [5.74, 6) is -1.44. The summed E-state index contributed by atoms with van der Waals surface area (Å²) in [4.78, 5) is 35.6. The highest BCUT2D eigenvalue weighted by molar-refractivity contribution is 6.34. The first kappa shape index (κ1) is 23.2. The number of halogens is 1. The maximum Gasteiger partial charge on any atom is 0.326 e. The van der Waals surface area contributed by atoms with Crippen LogP contribution in [0.1, 0.15) is 40.9 Å². The van der Waals surface area contributed by atoms with Crippen LogP contribution >= 0.6 is 11.6 Å². The van der Waals surface area contributed by atoms with Gasteiger partial charge in [0.05, 0.1) is 16.8 Å². The van der Waals surface area contributed by atoms with Gasteiger partial charge in [0.1, 0.15) is 11.8 Å². The lowest BCUT2D eigenvalue weighted by Crippen LogP contribution is -2.40. The number of amides is 2. The molecule has 1 aromatic carbocycles. The molecule has 0 saturated heterocycles. The van der Waals surface area contributed by atoms with E-state index in [-0.39, 0.29) is 29.5 Å². The van der Waals surface area contributed by atoms with Gasteiger partial charge in [-0.05, 0) is 61.7 Å². The Morgan fingerprint density at radius 2 is 2.03 bits per heavy atom. The van der Waals surface area contributed by atoms with Crippen LogP contribution in [0.4, 0.5) is 0 Å². The SMILES string of the molecule is NCCCC[C@H](NC(=O)c1ccc(CNC(=O)C=Cc2ccco2)cc1Cl)C(=O)O. The molecule has 1 aromatic heterocycles. The molecule has 0 unspecified atom stereocenters. The van der Waals surface area contributed by atoms with Crippen LogP contribution < -0.4 is 16.4 Å². The van der Waals surface area contributed by atoms with Gasteiger partial charge in [-0.25, -0.2) is 4.79 Å². The predicted octanol–water partition coefficient (Wildman–Crippen LogP) is 2.57. The molecule has 5 N–H and O–H groups in total. The molecule has 8 nitrogen and oxygen atoms in total. The summed E-state index contributed by atoms with van der Waals surface area (Å²) in [6, 6.07) is 7.12. The van der Waals surface area contributed by atoms with Crippen molar-refractivity contribution in [3.8, 4) is 0 Å². The molecule has 0 bridgehead atoms. The van der Waals surface area contributed by atoms with Gasteiger partial charge in [0, 0.05) is 12.6 Å². The van der Waals surface area contributed by atoms with Crippen molar-refractivity contribution in [1.29, 1.82) is 0 Å². The molecule has 0 aliphatic heterocycles. The summed E-state index contributed by atoms with van der Waals surface area (Å²) in [6.45, 7) is 0.669. The molecule has 9 heteroatoms. The van der Waals surface area contributed by atoms with Crippen LogP contribution in [0.15, 0.2) is 47.1 Å². The zero-order valence-corrected chi connectivity index (χ0v) is 17.0. The third kappa shape index (κ3) is 7.38. The summed E-state index contributed by atoms with van der Waals surface area (Å²) in [5.41, 5.74) is 6.26. The number of benzene rings is 1. The smallest absolute Gasteiger partial charge is 0.326 e. The fourth-order valence-electron chi connectivity index (χ4n) is 2.63. The number of furan rings is 1. The summed E-state index contributed by atoms with van der Waals surface area (Å²) in [6.07, 6.45) is 5.95. The number of aliphatic carboxylic acids is 1. The second kappa shape index (κ2) is 11.8. The van der Waals surface area contributed by atoms with Gasteiger partial charge in [0.2, 0.25) is 5.91 Å². The number of carbonyl (C=O) groups excluding carboxylic acids is 2. The summed E-state index contributed by atoms with van der Waals surface area (Å²) in [5, 5.41) is 14.6. The number of nitrogens with two attached hydrogens (primary N) is 1. The van der Waals surface area contributed by atoms with Crippen LogP contribution in [0, 0.1) is 0 Å². The van der Waals surface area contributed by atoms with Gasteiger partial charge in [0.15, 0.2) is 0 Å². The molecule has 2 amide bonds. The molecule has 0 saturated carbocycles. The van der Waals surface area contributed by atoms with Crippen molar-refractivity contribution in [3.63, 3.8) is 0 Å². The average Bonchev–Trinajstić information content (AvgIpc) is 3.23. The van der Waals surface area contributed by atoms with Crippen LogP contribution in [-0.2, 0) is 16.1 Å². The summed E-state index contributed by atoms with van der Waals surface area (Å²) in [7, 11) is 0. The van der Waals surface area contributed by atoms with E-state index >= 15 is 0 Å². The first-order valence-electron chi connectivity index (χ1n) is 9.42. The molecule has 0 aliphatic rings. The van der Waals surface area contributed by atoms with Crippen molar-refractivity contribution in [2.24, 2.45) is 5.73 Å². The fraction of sp³-hybridized carbons (Fsp3) is 0.286. The topological polar surface area (TPSA) is 135 Å². The molecule has 0 spiro atoms. The molecular weight excluding hydrogens is 410 g/mol. The highest BCUT2D eigenvalue weighted by atomic mass is 35.5. The van der Waals surface area contributed by atoms with E-state index in [1.807, 2.05) is 0 Å². The Kier molecular flexibility index (Phi) is 9.11. The molecule has 1 heterocycles. The standard InChI is InChI=1S/C21H24ClN3O5/c22-17-12-14(13-24-19(26)9-7-15-4-3-11-30-15)6-8-16(17)20(27)25-18(21(28)29)5-1-2-10-23/h3-4,6-9,11-12,18H,1-2,5,10,13,23H2,(H,24,26)(H,25,27)(H,28,29)/t18-/m0/s1. The minimum atomic E-state index is -1.11. The van der Waals surface area contributed by atoms with E-state index in [1.54, 1.807) is 30.3 Å². The van der Waals surface area contributed by atoms with Gasteiger partial charge in [-0.1, -0.05) is 17.7 Å². The van der Waals surface area contributed by atoms with Gasteiger partial charge in [0.25, 0.3) is 5.91 Å². The fourth-order valence-corrected chi connectivity index (χ4v) is 2.92. The van der Waals surface area contributed by atoms with E-state index in [0.29, 0.717) is 30.7 Å². The largest absolute Gasteiger partial charge is 0.480 e. The van der Waals surface area contributed by atoms with E-state index in [0.717, 1.165) is 0 Å². The van der Waals surface area contributed by atoms with Gasteiger partial charge < -0.3 is 25.9 Å². The van der Waals surface area contributed by atoms with Crippen molar-refractivity contribution in [2.45, 2.75) is 31.8 Å². The highest BCUT2D eigenvalue weighted by Crippen LogP contribution is 2.18. The normalized spacial score (nSPS) is 11.9. The Hall–Kier alpha value is -3.10. The first-order chi connectivity index (χ1) is 14.4. The minimum Gasteiger partial charge on any atom is -0.480 e. The Morgan fingerprint density at radius 1 is 1.23 bits per heavy atom. The Morgan fingerprint density at radius 3 is 2.67 bits per heavy atom. The zero-order valence-electron chi connectivity index (χ0n) is 16.3. The minimum absolute atomic E-state index is 0.162. The Labute approximate surface area is 179 Å². The van der Waals surface area contributed by atoms with E-state index in [2.05, 4.69) is 10.6 Å². The van der Waals surface area contributed by atoms with Crippen LogP contribution in [0.5, 0.6) is 0 Å². The molecule has 2 aromatic rings. The number of rotatable bonds is 11. The Bertz CT molecular complexity index is 896. The lowest BCUT2D eigenvalue weighted by atomic mass is 10.1. The molecule has 2 rings (SSSR count). The number of carbonyl (C=O) groups is 3. The summed E-state index contributed by atoms with van der Waals surface area (Å²) < 4.78 is 5.10. The second-order valence-corrected chi connectivity index (χ2v) is 6.94. The maximum atomic E-state index is 12.4. The van der Waals surface area contributed by atoms with Gasteiger partial charge in [-0.3, -0.25) is 9.59 Å². The average molecular weight is 434 g/mol. The number of hydrogen-bond acceptors (Lipinski definition) is 5. The lowest BCUT2D eigenvalue weighted by Gasteiger charge is -2.15. The van der Waals surface area contributed by atoms with E-state index < -0.39 is 17.9 Å². The van der Waals surface area contributed by atoms with Gasteiger partial charge in [-0.2, -0.15) is 0 Å². The third-order valence-corrected chi connectivity index (χ3v) is 4.55. The number of hydrogen-bond donors (Lipinski definition) is 4. The first-order valence-corrected chi connectivity index (χ1v) is 9.80. The maximum absolute atomic E-state index is 12.4. The number of carboxylic acid groups (broad SMARTS) is 1. The van der Waals surface area contributed by atoms with Crippen LogP contribution in [-0.4, -0.2) is 35.5 Å². The molecule has 0 radical (unpaired) electrons. The van der Waals surface area contributed by atoms with E-state index in [4.69, 9.17) is 21.8 Å². The van der Waals surface area contributed by atoms with Crippen LogP contribution in [0.2, 0.25) is 5.02 Å². The number of nitrogens with one attached hydrogen (secondary N) is 2. The van der Waals surface area contributed by atoms with E-state index in [9.17, 15) is 19.5 Å². The van der Waals surface area contributed by atoms with Crippen molar-refractivity contribution in [1.82, 2.24) is 10.6 Å². The van der Waals surface area contributed by atoms with Crippen molar-refractivity contribution >= 4 is 35.5 Å². The van der Waals surface area contributed by atoms with Crippen molar-refractivity contribution in [2.75, 3.05) is 6.54 Å². The quantitative estimate of drug-likeness (QED) is 0.318. The second-order valence-electron chi connectivity index (χ2n) is 6.53. The molecule has 0 fully saturated rings. The third-order valence-electron chi connectivity index (χ3n) is 4.24. The van der Waals surface area contributed by atoms with Crippen molar-refractivity contribution in [3.05, 3.63) is 64.6 Å². The highest BCUT2D eigenvalue weighted by Gasteiger charge is 2.21. The monoisotopic (exact) mass is 433 g/mol. The predicted molar refractivity (Wildman–Crippen MR) is 113 cm³/mol. The Balaban J connectivity index is 1.92.